The Labute approximate surface area is 199 Å². The standard InChI is InChI=1S/C20H13I2N5O3/c21-16-8-13(11-25-26-20-18(27(28)29)6-3-7-24-20)9-17(22)19(16)30-12-15-5-2-1-4-14(15)10-23/h1-9,11H,12H2,(H,24,26)/b25-11-. The lowest BCUT2D eigenvalue weighted by molar-refractivity contribution is -0.384. The molecule has 0 saturated heterocycles. The van der Waals surface area contributed by atoms with Gasteiger partial charge in [0.25, 0.3) is 0 Å². The molecule has 0 bridgehead atoms. The number of ether oxygens (including phenoxy) is 1. The average molecular weight is 625 g/mol. The van der Waals surface area contributed by atoms with E-state index < -0.39 is 4.92 Å². The molecule has 2 aromatic carbocycles. The smallest absolute Gasteiger partial charge is 0.313 e. The number of hydrogen-bond acceptors (Lipinski definition) is 7. The third-order valence-electron chi connectivity index (χ3n) is 3.90. The van der Waals surface area contributed by atoms with Gasteiger partial charge in [-0.05, 0) is 75.0 Å². The van der Waals surface area contributed by atoms with Crippen LogP contribution in [0.3, 0.4) is 0 Å². The monoisotopic (exact) mass is 625 g/mol. The first-order valence-electron chi connectivity index (χ1n) is 8.48. The number of nitrogens with one attached hydrogen (secondary N) is 1. The highest BCUT2D eigenvalue weighted by atomic mass is 127. The van der Waals surface area contributed by atoms with Gasteiger partial charge >= 0.3 is 5.69 Å². The first-order chi connectivity index (χ1) is 14.5. The molecule has 150 valence electrons. The summed E-state index contributed by atoms with van der Waals surface area (Å²) < 4.78 is 7.70. The van der Waals surface area contributed by atoms with Crippen LogP contribution in [0.15, 0.2) is 59.8 Å². The molecule has 0 aliphatic carbocycles. The Morgan fingerprint density at radius 2 is 1.97 bits per heavy atom. The zero-order chi connectivity index (χ0) is 21.5. The lowest BCUT2D eigenvalue weighted by atomic mass is 10.1. The Morgan fingerprint density at radius 1 is 1.23 bits per heavy atom. The molecular weight excluding hydrogens is 612 g/mol. The van der Waals surface area contributed by atoms with Gasteiger partial charge in [-0.25, -0.2) is 4.98 Å². The van der Waals surface area contributed by atoms with E-state index in [-0.39, 0.29) is 18.1 Å². The number of hydrogen-bond donors (Lipinski definition) is 1. The van der Waals surface area contributed by atoms with E-state index in [9.17, 15) is 15.4 Å². The minimum atomic E-state index is -0.521. The third kappa shape index (κ3) is 5.42. The Kier molecular flexibility index (Phi) is 7.52. The van der Waals surface area contributed by atoms with Crippen LogP contribution in [0.1, 0.15) is 16.7 Å². The van der Waals surface area contributed by atoms with Gasteiger partial charge in [0.15, 0.2) is 0 Å². The van der Waals surface area contributed by atoms with E-state index >= 15 is 0 Å². The molecule has 3 rings (SSSR count). The second kappa shape index (κ2) is 10.3. The highest BCUT2D eigenvalue weighted by molar-refractivity contribution is 14.1. The fourth-order valence-corrected chi connectivity index (χ4v) is 4.62. The summed E-state index contributed by atoms with van der Waals surface area (Å²) in [5.41, 5.74) is 4.65. The van der Waals surface area contributed by atoms with Gasteiger partial charge in [0.1, 0.15) is 12.4 Å². The van der Waals surface area contributed by atoms with Crippen molar-refractivity contribution in [2.45, 2.75) is 6.61 Å². The van der Waals surface area contributed by atoms with Crippen LogP contribution in [0.4, 0.5) is 11.5 Å². The third-order valence-corrected chi connectivity index (χ3v) is 5.50. The Bertz CT molecular complexity index is 1140. The van der Waals surface area contributed by atoms with Crippen LogP contribution < -0.4 is 10.2 Å². The molecule has 1 aromatic heterocycles. The van der Waals surface area contributed by atoms with Gasteiger partial charge in [0, 0.05) is 17.8 Å². The fourth-order valence-electron chi connectivity index (χ4n) is 2.50. The van der Waals surface area contributed by atoms with Crippen LogP contribution in [-0.4, -0.2) is 16.1 Å². The summed E-state index contributed by atoms with van der Waals surface area (Å²) in [7, 11) is 0. The molecule has 1 heterocycles. The summed E-state index contributed by atoms with van der Waals surface area (Å²) in [6, 6.07) is 16.1. The first-order valence-corrected chi connectivity index (χ1v) is 10.6. The lowest BCUT2D eigenvalue weighted by Gasteiger charge is -2.12. The van der Waals surface area contributed by atoms with Crippen molar-refractivity contribution in [1.82, 2.24) is 4.98 Å². The van der Waals surface area contributed by atoms with Crippen LogP contribution >= 0.6 is 45.2 Å². The second-order valence-electron chi connectivity index (χ2n) is 5.87. The maximum Gasteiger partial charge on any atom is 0.313 e. The van der Waals surface area contributed by atoms with Crippen molar-refractivity contribution in [2.24, 2.45) is 5.10 Å². The van der Waals surface area contributed by atoms with Crippen molar-refractivity contribution in [3.63, 3.8) is 0 Å². The van der Waals surface area contributed by atoms with Crippen LogP contribution in [0.2, 0.25) is 0 Å². The SMILES string of the molecule is N#Cc1ccccc1COc1c(I)cc(/C=N\Nc2ncccc2[N+](=O)[O-])cc1I. The van der Waals surface area contributed by atoms with Crippen molar-refractivity contribution < 1.29 is 9.66 Å². The van der Waals surface area contributed by atoms with E-state index in [1.807, 2.05) is 30.3 Å². The second-order valence-corrected chi connectivity index (χ2v) is 8.19. The normalized spacial score (nSPS) is 10.6. The molecule has 0 atom stereocenters. The van der Waals surface area contributed by atoms with Gasteiger partial charge in [0.2, 0.25) is 5.82 Å². The van der Waals surface area contributed by atoms with E-state index in [0.29, 0.717) is 5.56 Å². The maximum absolute atomic E-state index is 11.0. The highest BCUT2D eigenvalue weighted by Gasteiger charge is 2.13. The van der Waals surface area contributed by atoms with Crippen molar-refractivity contribution in [3.05, 3.63) is 88.7 Å². The largest absolute Gasteiger partial charge is 0.487 e. The van der Waals surface area contributed by atoms with E-state index in [2.05, 4.69) is 66.8 Å². The molecule has 30 heavy (non-hydrogen) atoms. The van der Waals surface area contributed by atoms with E-state index in [1.165, 1.54) is 18.3 Å². The number of nitriles is 1. The van der Waals surface area contributed by atoms with E-state index in [1.54, 1.807) is 12.3 Å². The number of nitro groups is 1. The molecule has 0 aliphatic rings. The molecule has 3 aromatic rings. The molecular formula is C20H13I2N5O3. The van der Waals surface area contributed by atoms with Gasteiger partial charge in [-0.3, -0.25) is 15.5 Å². The number of halogens is 2. The van der Waals surface area contributed by atoms with Gasteiger partial charge in [-0.2, -0.15) is 10.4 Å². The molecule has 0 aliphatic heterocycles. The zero-order valence-electron chi connectivity index (χ0n) is 15.3. The average Bonchev–Trinajstić information content (AvgIpc) is 2.73. The van der Waals surface area contributed by atoms with Gasteiger partial charge < -0.3 is 4.74 Å². The molecule has 8 nitrogen and oxygen atoms in total. The number of anilines is 1. The fraction of sp³-hybridized carbons (Fsp3) is 0.0500. The minimum absolute atomic E-state index is 0.0688. The number of benzene rings is 2. The predicted molar refractivity (Wildman–Crippen MR) is 129 cm³/mol. The van der Waals surface area contributed by atoms with Crippen molar-refractivity contribution in [1.29, 1.82) is 5.26 Å². The summed E-state index contributed by atoms with van der Waals surface area (Å²) in [5.74, 6) is 0.786. The van der Waals surface area contributed by atoms with Crippen LogP contribution in [0.5, 0.6) is 5.75 Å². The van der Waals surface area contributed by atoms with E-state index in [0.717, 1.165) is 24.0 Å². The van der Waals surface area contributed by atoms with Gasteiger partial charge in [-0.1, -0.05) is 18.2 Å². The molecule has 0 unspecified atom stereocenters. The highest BCUT2D eigenvalue weighted by Crippen LogP contribution is 2.29. The zero-order valence-corrected chi connectivity index (χ0v) is 19.6. The molecule has 0 fully saturated rings. The molecule has 0 spiro atoms. The summed E-state index contributed by atoms with van der Waals surface area (Å²) in [4.78, 5) is 14.4. The number of nitrogens with zero attached hydrogens (tertiary/aromatic N) is 4. The van der Waals surface area contributed by atoms with Crippen molar-refractivity contribution >= 4 is 62.9 Å². The number of pyridine rings is 1. The molecule has 0 radical (unpaired) electrons. The maximum atomic E-state index is 11.0. The summed E-state index contributed by atoms with van der Waals surface area (Å²) >= 11 is 4.34. The molecule has 0 saturated carbocycles. The van der Waals surface area contributed by atoms with Crippen LogP contribution in [0, 0.1) is 28.6 Å². The molecule has 10 heteroatoms. The Morgan fingerprint density at radius 3 is 2.67 bits per heavy atom. The first kappa shape index (κ1) is 21.9. The quantitative estimate of drug-likeness (QED) is 0.169. The summed E-state index contributed by atoms with van der Waals surface area (Å²) in [5, 5.41) is 24.3. The van der Waals surface area contributed by atoms with Crippen molar-refractivity contribution in [3.8, 4) is 11.8 Å². The Balaban J connectivity index is 1.73. The number of hydrazone groups is 1. The molecule has 0 amide bonds. The summed E-state index contributed by atoms with van der Waals surface area (Å²) in [6.07, 6.45) is 3.00. The lowest BCUT2D eigenvalue weighted by Crippen LogP contribution is -2.02. The topological polar surface area (TPSA) is 113 Å². The van der Waals surface area contributed by atoms with Crippen LogP contribution in [0.25, 0.3) is 0 Å². The molecule has 1 N–H and O–H groups in total. The van der Waals surface area contributed by atoms with Gasteiger partial charge in [0.05, 0.1) is 29.9 Å². The predicted octanol–water partition coefficient (Wildman–Crippen LogP) is 5.10. The summed E-state index contributed by atoms with van der Waals surface area (Å²) in [6.45, 7) is 0.286. The van der Waals surface area contributed by atoms with Crippen molar-refractivity contribution in [2.75, 3.05) is 5.43 Å². The Hall–Kier alpha value is -2.79. The van der Waals surface area contributed by atoms with E-state index in [4.69, 9.17) is 4.74 Å². The van der Waals surface area contributed by atoms with Crippen LogP contribution in [-0.2, 0) is 6.61 Å². The minimum Gasteiger partial charge on any atom is -0.487 e. The van der Waals surface area contributed by atoms with Gasteiger partial charge in [-0.15, -0.1) is 0 Å². The number of rotatable bonds is 7. The number of aromatic nitrogens is 1.